The minimum Gasteiger partial charge on any atom is -0.306 e. The van der Waals surface area contributed by atoms with Crippen LogP contribution in [0, 0.1) is 0 Å². The van der Waals surface area contributed by atoms with Crippen LogP contribution in [0.3, 0.4) is 0 Å². The smallest absolute Gasteiger partial charge is 0.103 e. The summed E-state index contributed by atoms with van der Waals surface area (Å²) < 4.78 is 12.7. The number of nitrogens with zero attached hydrogens (tertiary/aromatic N) is 2. The van der Waals surface area contributed by atoms with E-state index < -0.39 is 6.17 Å². The largest absolute Gasteiger partial charge is 0.306 e. The standard InChI is InChI=1S/C11H21FN2/c1-13-5-3-10(4-6-13)14(2)11-7-9(12)8-11/h9-11H,3-8H2,1-2H3. The second-order valence-electron chi connectivity index (χ2n) is 4.92. The Kier molecular flexibility index (Phi) is 3.07. The summed E-state index contributed by atoms with van der Waals surface area (Å²) in [5.41, 5.74) is 0. The second-order valence-corrected chi connectivity index (χ2v) is 4.92. The fourth-order valence-electron chi connectivity index (χ4n) is 2.55. The molecule has 3 heteroatoms. The molecule has 2 rings (SSSR count). The average Bonchev–Trinajstić information content (AvgIpc) is 2.13. The van der Waals surface area contributed by atoms with Crippen molar-refractivity contribution in [2.24, 2.45) is 0 Å². The van der Waals surface area contributed by atoms with Crippen molar-refractivity contribution in [2.75, 3.05) is 27.2 Å². The molecule has 0 aromatic heterocycles. The summed E-state index contributed by atoms with van der Waals surface area (Å²) in [6.45, 7) is 2.39. The first-order valence-electron chi connectivity index (χ1n) is 5.71. The van der Waals surface area contributed by atoms with Crippen molar-refractivity contribution in [3.05, 3.63) is 0 Å². The highest BCUT2D eigenvalue weighted by molar-refractivity contribution is 4.90. The Morgan fingerprint density at radius 1 is 1.14 bits per heavy atom. The Balaban J connectivity index is 1.77. The van der Waals surface area contributed by atoms with Crippen LogP contribution >= 0.6 is 0 Å². The summed E-state index contributed by atoms with van der Waals surface area (Å²) in [7, 11) is 4.35. The molecule has 0 aromatic carbocycles. The van der Waals surface area contributed by atoms with E-state index in [1.54, 1.807) is 0 Å². The fraction of sp³-hybridized carbons (Fsp3) is 1.00. The molecule has 82 valence electrons. The van der Waals surface area contributed by atoms with Crippen molar-refractivity contribution < 1.29 is 4.39 Å². The molecule has 0 spiro atoms. The maximum atomic E-state index is 12.7. The van der Waals surface area contributed by atoms with Gasteiger partial charge >= 0.3 is 0 Å². The SMILES string of the molecule is CN1CCC(N(C)C2CC(F)C2)CC1. The van der Waals surface area contributed by atoms with Gasteiger partial charge in [-0.25, -0.2) is 4.39 Å². The molecule has 1 saturated carbocycles. The van der Waals surface area contributed by atoms with Crippen molar-refractivity contribution in [1.82, 2.24) is 9.80 Å². The molecule has 1 aliphatic heterocycles. The summed E-state index contributed by atoms with van der Waals surface area (Å²) >= 11 is 0. The van der Waals surface area contributed by atoms with Gasteiger partial charge < -0.3 is 9.80 Å². The molecule has 1 aliphatic carbocycles. The van der Waals surface area contributed by atoms with Crippen molar-refractivity contribution in [3.8, 4) is 0 Å². The summed E-state index contributed by atoms with van der Waals surface area (Å²) in [6.07, 6.45) is 3.51. The van der Waals surface area contributed by atoms with Gasteiger partial charge in [-0.1, -0.05) is 0 Å². The molecule has 0 unspecified atom stereocenters. The molecule has 0 bridgehead atoms. The molecule has 0 atom stereocenters. The Morgan fingerprint density at radius 3 is 2.21 bits per heavy atom. The van der Waals surface area contributed by atoms with E-state index >= 15 is 0 Å². The predicted octanol–water partition coefficient (Wildman–Crippen LogP) is 1.51. The molecule has 2 fully saturated rings. The zero-order valence-corrected chi connectivity index (χ0v) is 9.25. The van der Waals surface area contributed by atoms with Gasteiger partial charge in [0.1, 0.15) is 6.17 Å². The van der Waals surface area contributed by atoms with Crippen molar-refractivity contribution in [1.29, 1.82) is 0 Å². The van der Waals surface area contributed by atoms with Gasteiger partial charge in [-0.3, -0.25) is 0 Å². The Hall–Kier alpha value is -0.150. The van der Waals surface area contributed by atoms with Crippen LogP contribution in [0.1, 0.15) is 25.7 Å². The first-order valence-corrected chi connectivity index (χ1v) is 5.71. The van der Waals surface area contributed by atoms with Crippen LogP contribution in [0.4, 0.5) is 4.39 Å². The lowest BCUT2D eigenvalue weighted by Crippen LogP contribution is -2.51. The zero-order valence-electron chi connectivity index (χ0n) is 9.25. The normalized spacial score (nSPS) is 36.0. The van der Waals surface area contributed by atoms with Gasteiger partial charge in [0.2, 0.25) is 0 Å². The molecule has 1 saturated heterocycles. The van der Waals surface area contributed by atoms with Gasteiger partial charge in [0, 0.05) is 12.1 Å². The third kappa shape index (κ3) is 2.09. The number of halogens is 1. The van der Waals surface area contributed by atoms with Crippen LogP contribution in [0.15, 0.2) is 0 Å². The van der Waals surface area contributed by atoms with E-state index in [0.717, 1.165) is 12.8 Å². The molecule has 0 aromatic rings. The number of alkyl halides is 1. The molecule has 0 radical (unpaired) electrons. The number of hydrogen-bond acceptors (Lipinski definition) is 2. The first-order chi connectivity index (χ1) is 6.66. The van der Waals surface area contributed by atoms with Crippen molar-refractivity contribution >= 4 is 0 Å². The van der Waals surface area contributed by atoms with Crippen LogP contribution in [0.25, 0.3) is 0 Å². The van der Waals surface area contributed by atoms with E-state index in [-0.39, 0.29) is 0 Å². The van der Waals surface area contributed by atoms with E-state index in [2.05, 4.69) is 23.9 Å². The monoisotopic (exact) mass is 200 g/mol. The summed E-state index contributed by atoms with van der Waals surface area (Å²) in [6, 6.07) is 1.22. The van der Waals surface area contributed by atoms with Crippen LogP contribution < -0.4 is 0 Å². The van der Waals surface area contributed by atoms with E-state index in [1.807, 2.05) is 0 Å². The van der Waals surface area contributed by atoms with Gasteiger partial charge in [0.15, 0.2) is 0 Å². The first kappa shape index (κ1) is 10.4. The highest BCUT2D eigenvalue weighted by atomic mass is 19.1. The van der Waals surface area contributed by atoms with Crippen molar-refractivity contribution in [3.63, 3.8) is 0 Å². The van der Waals surface area contributed by atoms with Gasteiger partial charge in [-0.05, 0) is 52.9 Å². The third-order valence-electron chi connectivity index (χ3n) is 3.90. The minimum absolute atomic E-state index is 0.520. The fourth-order valence-corrected chi connectivity index (χ4v) is 2.55. The van der Waals surface area contributed by atoms with E-state index in [0.29, 0.717) is 12.1 Å². The Morgan fingerprint density at radius 2 is 1.71 bits per heavy atom. The number of hydrogen-bond donors (Lipinski definition) is 0. The van der Waals surface area contributed by atoms with Gasteiger partial charge in [-0.15, -0.1) is 0 Å². The van der Waals surface area contributed by atoms with Gasteiger partial charge in [0.25, 0.3) is 0 Å². The quantitative estimate of drug-likeness (QED) is 0.666. The second kappa shape index (κ2) is 4.15. The average molecular weight is 200 g/mol. The Labute approximate surface area is 86.1 Å². The topological polar surface area (TPSA) is 6.48 Å². The molecule has 14 heavy (non-hydrogen) atoms. The van der Waals surface area contributed by atoms with Crippen LogP contribution in [0.5, 0.6) is 0 Å². The van der Waals surface area contributed by atoms with Gasteiger partial charge in [0.05, 0.1) is 0 Å². The molecule has 2 nitrogen and oxygen atoms in total. The molecule has 2 aliphatic rings. The minimum atomic E-state index is -0.520. The summed E-state index contributed by atoms with van der Waals surface area (Å²) in [5.74, 6) is 0. The molecular weight excluding hydrogens is 179 g/mol. The highest BCUT2D eigenvalue weighted by Gasteiger charge is 2.35. The van der Waals surface area contributed by atoms with Crippen LogP contribution in [-0.2, 0) is 0 Å². The van der Waals surface area contributed by atoms with E-state index in [9.17, 15) is 4.39 Å². The summed E-state index contributed by atoms with van der Waals surface area (Å²) in [5, 5.41) is 0. The van der Waals surface area contributed by atoms with E-state index in [4.69, 9.17) is 0 Å². The summed E-state index contributed by atoms with van der Waals surface area (Å²) in [4.78, 5) is 4.80. The maximum absolute atomic E-state index is 12.7. The number of likely N-dealkylation sites (tertiary alicyclic amines) is 1. The predicted molar refractivity (Wildman–Crippen MR) is 56.2 cm³/mol. The number of rotatable bonds is 2. The molecule has 1 heterocycles. The lowest BCUT2D eigenvalue weighted by molar-refractivity contribution is 0.0244. The lowest BCUT2D eigenvalue weighted by atomic mass is 9.87. The number of piperidine rings is 1. The maximum Gasteiger partial charge on any atom is 0.103 e. The van der Waals surface area contributed by atoms with E-state index in [1.165, 1.54) is 25.9 Å². The third-order valence-corrected chi connectivity index (χ3v) is 3.90. The van der Waals surface area contributed by atoms with Gasteiger partial charge in [-0.2, -0.15) is 0 Å². The molecule has 0 N–H and O–H groups in total. The van der Waals surface area contributed by atoms with Crippen molar-refractivity contribution in [2.45, 2.75) is 43.9 Å². The highest BCUT2D eigenvalue weighted by Crippen LogP contribution is 2.30. The molecular formula is C11H21FN2. The lowest BCUT2D eigenvalue weighted by Gasteiger charge is -2.44. The van der Waals surface area contributed by atoms with Crippen LogP contribution in [0.2, 0.25) is 0 Å². The molecule has 0 amide bonds. The Bertz CT molecular complexity index is 184. The van der Waals surface area contributed by atoms with Crippen LogP contribution in [-0.4, -0.2) is 55.2 Å². The zero-order chi connectivity index (χ0) is 10.1.